The van der Waals surface area contributed by atoms with Crippen LogP contribution < -0.4 is 4.90 Å². The summed E-state index contributed by atoms with van der Waals surface area (Å²) in [6.45, 7) is 2.34. The molecular formula is C54H41N. The van der Waals surface area contributed by atoms with Gasteiger partial charge in [-0.05, 0) is 126 Å². The second-order valence-corrected chi connectivity index (χ2v) is 14.9. The lowest BCUT2D eigenvalue weighted by molar-refractivity contribution is 0.628. The molecule has 2 aliphatic rings. The minimum Gasteiger partial charge on any atom is -0.311 e. The Labute approximate surface area is 323 Å². The van der Waals surface area contributed by atoms with Crippen molar-refractivity contribution in [1.29, 1.82) is 0 Å². The van der Waals surface area contributed by atoms with Crippen LogP contribution in [0.5, 0.6) is 0 Å². The highest BCUT2D eigenvalue weighted by Gasteiger charge is 2.24. The van der Waals surface area contributed by atoms with Gasteiger partial charge < -0.3 is 4.90 Å². The maximum atomic E-state index is 2.46. The van der Waals surface area contributed by atoms with E-state index in [1.165, 1.54) is 77.0 Å². The SMILES string of the molecule is CC1C=C(N(c2cccc(-c3cc4ccccc4c4c3C=CCC=C4)c2)c2cccc(-c3cc4ccccc4c4ccccc34)c2)C=C[C@@H]1c1ccccc1. The molecule has 8 aromatic rings. The summed E-state index contributed by atoms with van der Waals surface area (Å²) < 4.78 is 0. The van der Waals surface area contributed by atoms with Crippen LogP contribution in [0.1, 0.15) is 36.0 Å². The van der Waals surface area contributed by atoms with Crippen LogP contribution in [0.15, 0.2) is 200 Å². The summed E-state index contributed by atoms with van der Waals surface area (Å²) in [4.78, 5) is 2.46. The fourth-order valence-electron chi connectivity index (χ4n) is 8.85. The van der Waals surface area contributed by atoms with E-state index in [0.29, 0.717) is 11.8 Å². The third kappa shape index (κ3) is 5.99. The van der Waals surface area contributed by atoms with Crippen LogP contribution in [0.2, 0.25) is 0 Å². The van der Waals surface area contributed by atoms with E-state index in [1.54, 1.807) is 0 Å². The molecule has 1 nitrogen and oxygen atoms in total. The van der Waals surface area contributed by atoms with Crippen LogP contribution in [0.4, 0.5) is 11.4 Å². The van der Waals surface area contributed by atoms with Gasteiger partial charge >= 0.3 is 0 Å². The van der Waals surface area contributed by atoms with Gasteiger partial charge in [-0.2, -0.15) is 0 Å². The summed E-state index contributed by atoms with van der Waals surface area (Å²) >= 11 is 0. The molecule has 0 spiro atoms. The first-order chi connectivity index (χ1) is 27.2. The van der Waals surface area contributed by atoms with E-state index in [-0.39, 0.29) is 0 Å². The topological polar surface area (TPSA) is 3.24 Å². The highest BCUT2D eigenvalue weighted by molar-refractivity contribution is 6.14. The van der Waals surface area contributed by atoms with Crippen LogP contribution in [0, 0.1) is 5.92 Å². The van der Waals surface area contributed by atoms with Crippen LogP contribution in [0.25, 0.3) is 66.7 Å². The van der Waals surface area contributed by atoms with E-state index >= 15 is 0 Å². The molecule has 262 valence electrons. The molecule has 0 radical (unpaired) electrons. The van der Waals surface area contributed by atoms with Crippen molar-refractivity contribution >= 4 is 55.8 Å². The van der Waals surface area contributed by atoms with Crippen molar-refractivity contribution in [2.75, 3.05) is 4.90 Å². The van der Waals surface area contributed by atoms with Gasteiger partial charge in [0.15, 0.2) is 0 Å². The minimum absolute atomic E-state index is 0.314. The van der Waals surface area contributed by atoms with Gasteiger partial charge in [-0.1, -0.05) is 171 Å². The molecule has 55 heavy (non-hydrogen) atoms. The van der Waals surface area contributed by atoms with Gasteiger partial charge in [0.05, 0.1) is 0 Å². The number of allylic oxidation sites excluding steroid dienone is 5. The van der Waals surface area contributed by atoms with Gasteiger partial charge in [-0.15, -0.1) is 0 Å². The van der Waals surface area contributed by atoms with E-state index in [9.17, 15) is 0 Å². The Morgan fingerprint density at radius 1 is 0.473 bits per heavy atom. The van der Waals surface area contributed by atoms with E-state index in [0.717, 1.165) is 17.8 Å². The molecule has 0 N–H and O–H groups in total. The maximum absolute atomic E-state index is 2.46. The summed E-state index contributed by atoms with van der Waals surface area (Å²) in [5, 5.41) is 7.63. The quantitative estimate of drug-likeness (QED) is 0.156. The zero-order valence-corrected chi connectivity index (χ0v) is 30.9. The lowest BCUT2D eigenvalue weighted by Crippen LogP contribution is -2.20. The van der Waals surface area contributed by atoms with Gasteiger partial charge in [0.1, 0.15) is 0 Å². The second-order valence-electron chi connectivity index (χ2n) is 14.9. The molecule has 0 aromatic heterocycles. The highest BCUT2D eigenvalue weighted by Crippen LogP contribution is 2.43. The van der Waals surface area contributed by atoms with Crippen LogP contribution in [-0.2, 0) is 0 Å². The summed E-state index contributed by atoms with van der Waals surface area (Å²) in [7, 11) is 0. The molecule has 1 unspecified atom stereocenters. The molecule has 2 atom stereocenters. The maximum Gasteiger partial charge on any atom is 0.0467 e. The second kappa shape index (κ2) is 13.9. The predicted molar refractivity (Wildman–Crippen MR) is 237 cm³/mol. The number of nitrogens with zero attached hydrogens (tertiary/aromatic N) is 1. The molecule has 10 rings (SSSR count). The Morgan fingerprint density at radius 2 is 1.05 bits per heavy atom. The van der Waals surface area contributed by atoms with Crippen molar-refractivity contribution < 1.29 is 0 Å². The molecule has 0 amide bonds. The Kier molecular flexibility index (Phi) is 8.34. The Hall–Kier alpha value is -6.70. The molecule has 0 fully saturated rings. The van der Waals surface area contributed by atoms with Crippen molar-refractivity contribution in [3.8, 4) is 22.3 Å². The van der Waals surface area contributed by atoms with Gasteiger partial charge in [0.25, 0.3) is 0 Å². The molecule has 2 aliphatic carbocycles. The smallest absolute Gasteiger partial charge is 0.0467 e. The third-order valence-electron chi connectivity index (χ3n) is 11.5. The average Bonchev–Trinajstić information content (AvgIpc) is 3.51. The summed E-state index contributed by atoms with van der Waals surface area (Å²) in [5.41, 5.74) is 12.3. The highest BCUT2D eigenvalue weighted by atomic mass is 15.1. The lowest BCUT2D eigenvalue weighted by Gasteiger charge is -2.32. The standard InChI is InChI=1S/C54H41N/c1-37-32-45(30-31-46(37)38-16-4-2-5-17-38)55(44-23-15-21-40(34-44)54-36-42-19-9-11-25-48(42)50-28-12-13-29-52(50)54)43-22-14-20-39(33-43)53-35-41-18-8-10-24-47(41)49-26-6-3-7-27-51(49)53/h2,4-37,46H,3H2,1H3/t37?,46-/m0/s1. The largest absolute Gasteiger partial charge is 0.311 e. The van der Waals surface area contributed by atoms with Gasteiger partial charge in [-0.3, -0.25) is 0 Å². The third-order valence-corrected chi connectivity index (χ3v) is 11.5. The number of anilines is 2. The molecule has 8 aromatic carbocycles. The molecule has 1 heteroatoms. The Balaban J connectivity index is 1.15. The molecule has 0 aliphatic heterocycles. The number of benzene rings is 8. The molecule has 0 saturated carbocycles. The monoisotopic (exact) mass is 703 g/mol. The first-order valence-electron chi connectivity index (χ1n) is 19.4. The molecule has 0 heterocycles. The van der Waals surface area contributed by atoms with Crippen molar-refractivity contribution in [1.82, 2.24) is 0 Å². The predicted octanol–water partition coefficient (Wildman–Crippen LogP) is 14.9. The van der Waals surface area contributed by atoms with Gasteiger partial charge in [0.2, 0.25) is 0 Å². The van der Waals surface area contributed by atoms with Crippen molar-refractivity contribution in [2.45, 2.75) is 19.3 Å². The van der Waals surface area contributed by atoms with E-state index in [2.05, 4.69) is 218 Å². The van der Waals surface area contributed by atoms with Crippen molar-refractivity contribution in [3.05, 3.63) is 217 Å². The van der Waals surface area contributed by atoms with Gasteiger partial charge in [-0.25, -0.2) is 0 Å². The summed E-state index contributed by atoms with van der Waals surface area (Å²) in [6, 6.07) is 60.2. The van der Waals surface area contributed by atoms with Crippen molar-refractivity contribution in [2.24, 2.45) is 5.92 Å². The summed E-state index contributed by atoms with van der Waals surface area (Å²) in [6.07, 6.45) is 17.3. The first kappa shape index (κ1) is 32.9. The zero-order chi connectivity index (χ0) is 36.7. The number of hydrogen-bond donors (Lipinski definition) is 0. The minimum atomic E-state index is 0.314. The molecular weight excluding hydrogens is 663 g/mol. The van der Waals surface area contributed by atoms with Crippen LogP contribution in [0.3, 0.4) is 0 Å². The zero-order valence-electron chi connectivity index (χ0n) is 30.9. The van der Waals surface area contributed by atoms with Crippen LogP contribution in [-0.4, -0.2) is 0 Å². The number of fused-ring (bicyclic) bond motifs is 6. The van der Waals surface area contributed by atoms with E-state index in [4.69, 9.17) is 0 Å². The fraction of sp³-hybridized carbons (Fsp3) is 0.0741. The van der Waals surface area contributed by atoms with E-state index in [1.807, 2.05) is 0 Å². The number of hydrogen-bond acceptors (Lipinski definition) is 1. The van der Waals surface area contributed by atoms with Crippen molar-refractivity contribution in [3.63, 3.8) is 0 Å². The lowest BCUT2D eigenvalue weighted by atomic mass is 9.83. The summed E-state index contributed by atoms with van der Waals surface area (Å²) in [5.74, 6) is 0.634. The number of rotatable bonds is 6. The normalized spacial score (nSPS) is 16.3. The molecule has 0 bridgehead atoms. The van der Waals surface area contributed by atoms with E-state index < -0.39 is 0 Å². The van der Waals surface area contributed by atoms with Gasteiger partial charge in [0, 0.05) is 23.0 Å². The Morgan fingerprint density at radius 3 is 1.78 bits per heavy atom. The fourth-order valence-corrected chi connectivity index (χ4v) is 8.85. The first-order valence-corrected chi connectivity index (χ1v) is 19.4. The average molecular weight is 704 g/mol. The molecule has 0 saturated heterocycles. The van der Waals surface area contributed by atoms with Crippen LogP contribution >= 0.6 is 0 Å². The Bertz CT molecular complexity index is 2870.